The Morgan fingerprint density at radius 3 is 2.43 bits per heavy atom. The second kappa shape index (κ2) is 6.65. The smallest absolute Gasteiger partial charge is 0.161 e. The van der Waals surface area contributed by atoms with Gasteiger partial charge in [0.05, 0.1) is 14.2 Å². The molecule has 2 aromatic carbocycles. The molecule has 110 valence electrons. The molecule has 0 aliphatic heterocycles. The Morgan fingerprint density at radius 2 is 1.76 bits per heavy atom. The fourth-order valence-electron chi connectivity index (χ4n) is 1.85. The van der Waals surface area contributed by atoms with Crippen LogP contribution < -0.4 is 14.2 Å². The van der Waals surface area contributed by atoms with Gasteiger partial charge in [0.2, 0.25) is 0 Å². The van der Waals surface area contributed by atoms with Crippen molar-refractivity contribution in [1.82, 2.24) is 0 Å². The van der Waals surface area contributed by atoms with E-state index in [2.05, 4.69) is 0 Å². The minimum absolute atomic E-state index is 0.0779. The number of rotatable bonds is 6. The van der Waals surface area contributed by atoms with E-state index < -0.39 is 0 Å². The molecule has 5 nitrogen and oxygen atoms in total. The number of aldehydes is 1. The van der Waals surface area contributed by atoms with Gasteiger partial charge in [-0.15, -0.1) is 0 Å². The van der Waals surface area contributed by atoms with Crippen LogP contribution in [0.4, 0.5) is 0 Å². The number of methoxy groups -OCH3 is 2. The first-order valence-electron chi connectivity index (χ1n) is 6.30. The highest BCUT2D eigenvalue weighted by atomic mass is 16.5. The third-order valence-corrected chi connectivity index (χ3v) is 2.96. The van der Waals surface area contributed by atoms with Crippen LogP contribution in [-0.4, -0.2) is 25.6 Å². The van der Waals surface area contributed by atoms with Crippen LogP contribution in [-0.2, 0) is 6.61 Å². The number of benzene rings is 2. The van der Waals surface area contributed by atoms with Crippen molar-refractivity contribution in [3.8, 4) is 23.0 Å². The third-order valence-electron chi connectivity index (χ3n) is 2.96. The first-order valence-corrected chi connectivity index (χ1v) is 6.30. The Balaban J connectivity index is 2.14. The van der Waals surface area contributed by atoms with Crippen molar-refractivity contribution in [2.75, 3.05) is 14.2 Å². The highest BCUT2D eigenvalue weighted by Gasteiger charge is 2.07. The molecule has 2 rings (SSSR count). The van der Waals surface area contributed by atoms with Crippen LogP contribution in [0.5, 0.6) is 23.0 Å². The monoisotopic (exact) mass is 288 g/mol. The van der Waals surface area contributed by atoms with Gasteiger partial charge in [-0.25, -0.2) is 0 Å². The summed E-state index contributed by atoms with van der Waals surface area (Å²) in [7, 11) is 3.00. The summed E-state index contributed by atoms with van der Waals surface area (Å²) in [6, 6.07) is 9.93. The Morgan fingerprint density at radius 1 is 1.00 bits per heavy atom. The first kappa shape index (κ1) is 14.7. The van der Waals surface area contributed by atoms with Crippen LogP contribution >= 0.6 is 0 Å². The standard InChI is InChI=1S/C16H16O5/c1-19-15-8-12(3-5-13(15)18)10-21-14-6-4-11(9-17)7-16(14)20-2/h3-9,18H,10H2,1-2H3. The van der Waals surface area contributed by atoms with E-state index in [0.29, 0.717) is 22.8 Å². The van der Waals surface area contributed by atoms with E-state index in [-0.39, 0.29) is 12.4 Å². The van der Waals surface area contributed by atoms with Crippen LogP contribution in [0.3, 0.4) is 0 Å². The maximum Gasteiger partial charge on any atom is 0.161 e. The van der Waals surface area contributed by atoms with Gasteiger partial charge in [0.1, 0.15) is 12.9 Å². The Labute approximate surface area is 122 Å². The van der Waals surface area contributed by atoms with Gasteiger partial charge in [-0.2, -0.15) is 0 Å². The van der Waals surface area contributed by atoms with E-state index in [1.807, 2.05) is 0 Å². The molecule has 21 heavy (non-hydrogen) atoms. The molecule has 0 spiro atoms. The molecular weight excluding hydrogens is 272 g/mol. The highest BCUT2D eigenvalue weighted by Crippen LogP contribution is 2.30. The van der Waals surface area contributed by atoms with Crippen LogP contribution in [0.1, 0.15) is 15.9 Å². The van der Waals surface area contributed by atoms with Gasteiger partial charge >= 0.3 is 0 Å². The zero-order valence-electron chi connectivity index (χ0n) is 11.8. The van der Waals surface area contributed by atoms with E-state index in [4.69, 9.17) is 14.2 Å². The zero-order chi connectivity index (χ0) is 15.2. The first-order chi connectivity index (χ1) is 10.2. The van der Waals surface area contributed by atoms with Gasteiger partial charge < -0.3 is 19.3 Å². The quantitative estimate of drug-likeness (QED) is 0.828. The van der Waals surface area contributed by atoms with E-state index in [1.165, 1.54) is 14.2 Å². The molecule has 0 radical (unpaired) electrons. The van der Waals surface area contributed by atoms with Crippen LogP contribution in [0.25, 0.3) is 0 Å². The minimum atomic E-state index is 0.0779. The lowest BCUT2D eigenvalue weighted by Gasteiger charge is -2.12. The lowest BCUT2D eigenvalue weighted by molar-refractivity contribution is 0.112. The predicted octanol–water partition coefficient (Wildman–Crippen LogP) is 2.80. The second-order valence-corrected chi connectivity index (χ2v) is 4.32. The number of ether oxygens (including phenoxy) is 3. The van der Waals surface area contributed by atoms with Gasteiger partial charge in [-0.1, -0.05) is 6.07 Å². The fourth-order valence-corrected chi connectivity index (χ4v) is 1.85. The summed E-state index contributed by atoms with van der Waals surface area (Å²) in [4.78, 5) is 10.7. The maximum atomic E-state index is 10.7. The molecule has 5 heteroatoms. The van der Waals surface area contributed by atoms with Gasteiger partial charge in [0.25, 0.3) is 0 Å². The Kier molecular flexibility index (Phi) is 4.66. The van der Waals surface area contributed by atoms with Crippen molar-refractivity contribution in [1.29, 1.82) is 0 Å². The van der Waals surface area contributed by atoms with Crippen LogP contribution in [0.2, 0.25) is 0 Å². The Bertz CT molecular complexity index is 637. The third kappa shape index (κ3) is 3.45. The normalized spacial score (nSPS) is 10.0. The van der Waals surface area contributed by atoms with Gasteiger partial charge in [0.15, 0.2) is 23.0 Å². The second-order valence-electron chi connectivity index (χ2n) is 4.32. The maximum absolute atomic E-state index is 10.7. The molecule has 0 aliphatic carbocycles. The van der Waals surface area contributed by atoms with Crippen molar-refractivity contribution < 1.29 is 24.1 Å². The molecule has 2 aromatic rings. The number of carbonyl (C=O) groups is 1. The summed E-state index contributed by atoms with van der Waals surface area (Å²) < 4.78 is 15.9. The largest absolute Gasteiger partial charge is 0.504 e. The summed E-state index contributed by atoms with van der Waals surface area (Å²) in [6.45, 7) is 0.285. The number of hydrogen-bond donors (Lipinski definition) is 1. The molecule has 0 saturated carbocycles. The molecule has 0 fully saturated rings. The summed E-state index contributed by atoms with van der Waals surface area (Å²) in [5.74, 6) is 1.49. The zero-order valence-corrected chi connectivity index (χ0v) is 11.8. The fraction of sp³-hybridized carbons (Fsp3) is 0.188. The molecule has 0 aliphatic rings. The van der Waals surface area contributed by atoms with E-state index in [1.54, 1.807) is 36.4 Å². The highest BCUT2D eigenvalue weighted by molar-refractivity contribution is 5.76. The summed E-state index contributed by atoms with van der Waals surface area (Å²) in [5, 5.41) is 9.54. The van der Waals surface area contributed by atoms with E-state index in [9.17, 15) is 9.90 Å². The average molecular weight is 288 g/mol. The SMILES string of the molecule is COc1cc(COc2ccc(C=O)cc2OC)ccc1O. The van der Waals surface area contributed by atoms with Crippen molar-refractivity contribution in [3.05, 3.63) is 47.5 Å². The number of carbonyl (C=O) groups excluding carboxylic acids is 1. The molecule has 1 N–H and O–H groups in total. The number of phenolic OH excluding ortho intramolecular Hbond substituents is 1. The summed E-state index contributed by atoms with van der Waals surface area (Å²) in [6.07, 6.45) is 0.747. The summed E-state index contributed by atoms with van der Waals surface area (Å²) >= 11 is 0. The molecule has 0 aromatic heterocycles. The lowest BCUT2D eigenvalue weighted by Crippen LogP contribution is -1.99. The molecule has 0 amide bonds. The predicted molar refractivity (Wildman–Crippen MR) is 77.4 cm³/mol. The molecule has 0 saturated heterocycles. The van der Waals surface area contributed by atoms with Crippen molar-refractivity contribution in [3.63, 3.8) is 0 Å². The number of hydrogen-bond acceptors (Lipinski definition) is 5. The molecule has 0 atom stereocenters. The van der Waals surface area contributed by atoms with Gasteiger partial charge in [-0.3, -0.25) is 4.79 Å². The topological polar surface area (TPSA) is 65.0 Å². The molecule has 0 unspecified atom stereocenters. The van der Waals surface area contributed by atoms with Crippen molar-refractivity contribution in [2.24, 2.45) is 0 Å². The van der Waals surface area contributed by atoms with E-state index >= 15 is 0 Å². The van der Waals surface area contributed by atoms with Gasteiger partial charge in [-0.05, 0) is 35.9 Å². The van der Waals surface area contributed by atoms with E-state index in [0.717, 1.165) is 11.8 Å². The Hall–Kier alpha value is -2.69. The van der Waals surface area contributed by atoms with Gasteiger partial charge in [0, 0.05) is 5.56 Å². The average Bonchev–Trinajstić information content (AvgIpc) is 2.53. The molecule has 0 bridgehead atoms. The number of phenols is 1. The minimum Gasteiger partial charge on any atom is -0.504 e. The number of aromatic hydroxyl groups is 1. The molecular formula is C16H16O5. The summed E-state index contributed by atoms with van der Waals surface area (Å²) in [5.41, 5.74) is 1.36. The van der Waals surface area contributed by atoms with Crippen LogP contribution in [0.15, 0.2) is 36.4 Å². The van der Waals surface area contributed by atoms with Crippen LogP contribution in [0, 0.1) is 0 Å². The molecule has 0 heterocycles. The van der Waals surface area contributed by atoms with Crippen molar-refractivity contribution in [2.45, 2.75) is 6.61 Å². The lowest BCUT2D eigenvalue weighted by atomic mass is 10.2. The van der Waals surface area contributed by atoms with Crippen molar-refractivity contribution >= 4 is 6.29 Å².